The van der Waals surface area contributed by atoms with Crippen LogP contribution in [-0.2, 0) is 16.0 Å². The Kier molecular flexibility index (Phi) is 5.86. The molecule has 5 heteroatoms. The van der Waals surface area contributed by atoms with Crippen molar-refractivity contribution in [3.05, 3.63) is 17.3 Å². The van der Waals surface area contributed by atoms with Crippen molar-refractivity contribution in [3.8, 4) is 0 Å². The van der Waals surface area contributed by atoms with Crippen LogP contribution in [0.5, 0.6) is 0 Å². The molecule has 3 heterocycles. The summed E-state index contributed by atoms with van der Waals surface area (Å²) in [5.74, 6) is 0.762. The molecule has 1 aromatic rings. The molecular weight excluding hydrogens is 326 g/mol. The van der Waals surface area contributed by atoms with Gasteiger partial charge >= 0.3 is 0 Å². The molecule has 1 N–H and O–H groups in total. The van der Waals surface area contributed by atoms with Crippen molar-refractivity contribution in [1.82, 2.24) is 4.98 Å². The molecule has 144 valence electrons. The van der Waals surface area contributed by atoms with Gasteiger partial charge in [0.2, 0.25) is 5.91 Å². The van der Waals surface area contributed by atoms with Crippen LogP contribution in [0.1, 0.15) is 64.1 Å². The van der Waals surface area contributed by atoms with E-state index in [-0.39, 0.29) is 11.3 Å². The summed E-state index contributed by atoms with van der Waals surface area (Å²) in [6.07, 6.45) is 6.49. The van der Waals surface area contributed by atoms with Crippen LogP contribution in [0.2, 0.25) is 0 Å². The molecule has 5 nitrogen and oxygen atoms in total. The minimum Gasteiger partial charge on any atom is -0.378 e. The van der Waals surface area contributed by atoms with E-state index in [2.05, 4.69) is 37.1 Å². The van der Waals surface area contributed by atoms with Crippen molar-refractivity contribution >= 4 is 17.4 Å². The summed E-state index contributed by atoms with van der Waals surface area (Å²) in [7, 11) is 0. The molecule has 2 aliphatic heterocycles. The molecule has 1 amide bonds. The Morgan fingerprint density at radius 1 is 1.38 bits per heavy atom. The van der Waals surface area contributed by atoms with E-state index >= 15 is 0 Å². The van der Waals surface area contributed by atoms with Crippen LogP contribution in [-0.4, -0.2) is 36.7 Å². The van der Waals surface area contributed by atoms with Gasteiger partial charge in [-0.3, -0.25) is 4.79 Å². The van der Waals surface area contributed by atoms with Gasteiger partial charge in [-0.1, -0.05) is 20.8 Å². The van der Waals surface area contributed by atoms with Crippen LogP contribution in [0.15, 0.2) is 6.07 Å². The summed E-state index contributed by atoms with van der Waals surface area (Å²) in [6, 6.07) is 2.20. The molecule has 0 bridgehead atoms. The molecular formula is C21H33N3O2. The molecule has 1 saturated heterocycles. The lowest BCUT2D eigenvalue weighted by molar-refractivity contribution is -0.117. The molecule has 1 atom stereocenters. The lowest BCUT2D eigenvalue weighted by Gasteiger charge is -2.32. The van der Waals surface area contributed by atoms with E-state index in [0.29, 0.717) is 12.5 Å². The smallest absolute Gasteiger partial charge is 0.226 e. The Labute approximate surface area is 157 Å². The van der Waals surface area contributed by atoms with E-state index in [4.69, 9.17) is 9.72 Å². The van der Waals surface area contributed by atoms with Crippen molar-refractivity contribution in [3.63, 3.8) is 0 Å². The van der Waals surface area contributed by atoms with Crippen molar-refractivity contribution in [1.29, 1.82) is 0 Å². The fourth-order valence-corrected chi connectivity index (χ4v) is 3.84. The van der Waals surface area contributed by atoms with E-state index in [1.165, 1.54) is 18.5 Å². The van der Waals surface area contributed by atoms with Crippen LogP contribution in [0.25, 0.3) is 0 Å². The van der Waals surface area contributed by atoms with E-state index in [1.807, 2.05) is 6.92 Å². The SMILES string of the molecule is Cc1cc2c(nc1NC(=O)CC(C)(C)C)CCCN2CCC1CCCO1. The summed E-state index contributed by atoms with van der Waals surface area (Å²) in [5.41, 5.74) is 3.36. The maximum absolute atomic E-state index is 12.3. The van der Waals surface area contributed by atoms with Crippen molar-refractivity contribution in [2.45, 2.75) is 72.3 Å². The van der Waals surface area contributed by atoms with Crippen molar-refractivity contribution in [2.75, 3.05) is 29.9 Å². The highest BCUT2D eigenvalue weighted by Gasteiger charge is 2.23. The van der Waals surface area contributed by atoms with Gasteiger partial charge in [-0.15, -0.1) is 0 Å². The van der Waals surface area contributed by atoms with Crippen LogP contribution in [0.4, 0.5) is 11.5 Å². The molecule has 0 spiro atoms. The standard InChI is InChI=1S/C21H33N3O2/c1-15-13-18-17(22-20(15)23-19(25)14-21(2,3)4)8-5-10-24(18)11-9-16-7-6-12-26-16/h13,16H,5-12,14H2,1-4H3,(H,22,23,25). The van der Waals surface area contributed by atoms with Gasteiger partial charge in [0.05, 0.1) is 17.5 Å². The average Bonchev–Trinajstić information content (AvgIpc) is 3.05. The van der Waals surface area contributed by atoms with Gasteiger partial charge in [0.15, 0.2) is 0 Å². The lowest BCUT2D eigenvalue weighted by Crippen LogP contribution is -2.33. The lowest BCUT2D eigenvalue weighted by atomic mass is 9.92. The monoisotopic (exact) mass is 359 g/mol. The molecule has 0 aromatic carbocycles. The topological polar surface area (TPSA) is 54.5 Å². The first-order chi connectivity index (χ1) is 12.3. The third-order valence-corrected chi connectivity index (χ3v) is 5.15. The number of pyridine rings is 1. The highest BCUT2D eigenvalue weighted by atomic mass is 16.5. The van der Waals surface area contributed by atoms with Crippen LogP contribution in [0, 0.1) is 12.3 Å². The largest absolute Gasteiger partial charge is 0.378 e. The highest BCUT2D eigenvalue weighted by Crippen LogP contribution is 2.31. The molecule has 0 radical (unpaired) electrons. The minimum absolute atomic E-state index is 0.0225. The van der Waals surface area contributed by atoms with Crippen LogP contribution in [0.3, 0.4) is 0 Å². The number of carbonyl (C=O) groups is 1. The Morgan fingerprint density at radius 2 is 2.19 bits per heavy atom. The summed E-state index contributed by atoms with van der Waals surface area (Å²) in [6.45, 7) is 11.3. The third kappa shape index (κ3) is 4.97. The molecule has 2 aliphatic rings. The Morgan fingerprint density at radius 3 is 2.88 bits per heavy atom. The third-order valence-electron chi connectivity index (χ3n) is 5.15. The number of anilines is 2. The molecule has 1 unspecified atom stereocenters. The Balaban J connectivity index is 1.69. The minimum atomic E-state index is -0.0225. The fourth-order valence-electron chi connectivity index (χ4n) is 3.84. The second-order valence-corrected chi connectivity index (χ2v) is 8.92. The zero-order valence-corrected chi connectivity index (χ0v) is 16.7. The number of nitrogens with one attached hydrogen (secondary N) is 1. The zero-order valence-electron chi connectivity index (χ0n) is 16.7. The number of fused-ring (bicyclic) bond motifs is 1. The predicted molar refractivity (Wildman–Crippen MR) is 106 cm³/mol. The molecule has 1 aromatic heterocycles. The number of carbonyl (C=O) groups excluding carboxylic acids is 1. The number of rotatable bonds is 5. The summed E-state index contributed by atoms with van der Waals surface area (Å²) in [5, 5.41) is 3.02. The zero-order chi connectivity index (χ0) is 18.7. The van der Waals surface area contributed by atoms with Gasteiger partial charge in [-0.25, -0.2) is 4.98 Å². The molecule has 3 rings (SSSR count). The van der Waals surface area contributed by atoms with Gasteiger partial charge < -0.3 is 15.0 Å². The Bertz CT molecular complexity index is 645. The maximum atomic E-state index is 12.3. The number of aromatic nitrogens is 1. The van der Waals surface area contributed by atoms with E-state index in [0.717, 1.165) is 56.0 Å². The number of nitrogens with zero attached hydrogens (tertiary/aromatic N) is 2. The Hall–Kier alpha value is -1.62. The normalized spacial score (nSPS) is 20.2. The van der Waals surface area contributed by atoms with E-state index in [9.17, 15) is 4.79 Å². The van der Waals surface area contributed by atoms with Crippen molar-refractivity contribution < 1.29 is 9.53 Å². The molecule has 0 aliphatic carbocycles. The van der Waals surface area contributed by atoms with Gasteiger partial charge in [-0.05, 0) is 56.1 Å². The van der Waals surface area contributed by atoms with E-state index < -0.39 is 0 Å². The molecule has 1 fully saturated rings. The average molecular weight is 360 g/mol. The number of amides is 1. The second kappa shape index (κ2) is 7.95. The van der Waals surface area contributed by atoms with E-state index in [1.54, 1.807) is 0 Å². The first kappa shape index (κ1) is 19.2. The number of ether oxygens (including phenoxy) is 1. The maximum Gasteiger partial charge on any atom is 0.226 e. The van der Waals surface area contributed by atoms with Gasteiger partial charge in [0.1, 0.15) is 5.82 Å². The molecule has 0 saturated carbocycles. The first-order valence-electron chi connectivity index (χ1n) is 9.99. The van der Waals surface area contributed by atoms with Crippen molar-refractivity contribution in [2.24, 2.45) is 5.41 Å². The number of hydrogen-bond donors (Lipinski definition) is 1. The number of aryl methyl sites for hydroxylation is 2. The van der Waals surface area contributed by atoms with Gasteiger partial charge in [0, 0.05) is 26.1 Å². The summed E-state index contributed by atoms with van der Waals surface area (Å²) >= 11 is 0. The predicted octanol–water partition coefficient (Wildman–Crippen LogP) is 4.09. The van der Waals surface area contributed by atoms with Gasteiger partial charge in [-0.2, -0.15) is 0 Å². The summed E-state index contributed by atoms with van der Waals surface area (Å²) in [4.78, 5) is 19.5. The number of hydrogen-bond acceptors (Lipinski definition) is 4. The molecule has 26 heavy (non-hydrogen) atoms. The second-order valence-electron chi connectivity index (χ2n) is 8.92. The van der Waals surface area contributed by atoms with Crippen LogP contribution < -0.4 is 10.2 Å². The highest BCUT2D eigenvalue weighted by molar-refractivity contribution is 5.91. The van der Waals surface area contributed by atoms with Crippen LogP contribution >= 0.6 is 0 Å². The summed E-state index contributed by atoms with van der Waals surface area (Å²) < 4.78 is 5.77. The van der Waals surface area contributed by atoms with Gasteiger partial charge in [0.25, 0.3) is 0 Å². The quantitative estimate of drug-likeness (QED) is 0.860. The fraction of sp³-hybridized carbons (Fsp3) is 0.714. The first-order valence-corrected chi connectivity index (χ1v) is 9.99.